The van der Waals surface area contributed by atoms with Crippen molar-refractivity contribution in [3.8, 4) is 0 Å². The summed E-state index contributed by atoms with van der Waals surface area (Å²) in [7, 11) is 0. The molecule has 0 aliphatic carbocycles. The lowest BCUT2D eigenvalue weighted by molar-refractivity contribution is 0.177. The fraction of sp³-hybridized carbons (Fsp3) is 0.174. The van der Waals surface area contributed by atoms with E-state index >= 15 is 0 Å². The number of carbonyl (C=O) groups excluding carboxylic acids is 1. The Hall–Kier alpha value is -3.54. The maximum Gasteiger partial charge on any atom is 0.318 e. The number of rotatable bonds is 3. The van der Waals surface area contributed by atoms with Crippen LogP contribution in [0.1, 0.15) is 28.6 Å². The quantitative estimate of drug-likeness (QED) is 0.531. The SMILES string of the molecule is O=C(NCc1ccco1)N1CCc2c([nH]c3ccccc23)[C@H]1c1ccccc1F. The molecular weight excluding hydrogens is 369 g/mol. The van der Waals surface area contributed by atoms with Gasteiger partial charge in [0.15, 0.2) is 0 Å². The van der Waals surface area contributed by atoms with Crippen molar-refractivity contribution in [1.29, 1.82) is 0 Å². The fourth-order valence-electron chi connectivity index (χ4n) is 4.16. The molecule has 0 saturated heterocycles. The van der Waals surface area contributed by atoms with Gasteiger partial charge in [-0.05, 0) is 36.2 Å². The van der Waals surface area contributed by atoms with Crippen LogP contribution in [0.3, 0.4) is 0 Å². The zero-order valence-electron chi connectivity index (χ0n) is 15.7. The Kier molecular flexibility index (Phi) is 4.31. The Morgan fingerprint density at radius 1 is 1.14 bits per heavy atom. The number of aromatic nitrogens is 1. The summed E-state index contributed by atoms with van der Waals surface area (Å²) in [6.45, 7) is 0.781. The van der Waals surface area contributed by atoms with Crippen LogP contribution in [0.5, 0.6) is 0 Å². The highest BCUT2D eigenvalue weighted by molar-refractivity contribution is 5.86. The monoisotopic (exact) mass is 389 g/mol. The summed E-state index contributed by atoms with van der Waals surface area (Å²) < 4.78 is 20.1. The second-order valence-corrected chi connectivity index (χ2v) is 7.17. The van der Waals surface area contributed by atoms with E-state index < -0.39 is 6.04 Å². The molecule has 29 heavy (non-hydrogen) atoms. The van der Waals surface area contributed by atoms with E-state index in [0.29, 0.717) is 24.3 Å². The number of urea groups is 1. The van der Waals surface area contributed by atoms with Crippen molar-refractivity contribution in [3.05, 3.63) is 95.3 Å². The van der Waals surface area contributed by atoms with E-state index in [1.807, 2.05) is 18.2 Å². The van der Waals surface area contributed by atoms with E-state index in [1.54, 1.807) is 41.5 Å². The molecule has 1 aliphatic heterocycles. The molecular formula is C23H20FN3O2. The third-order valence-electron chi connectivity index (χ3n) is 5.49. The number of benzene rings is 2. The molecule has 1 aliphatic rings. The molecule has 6 heteroatoms. The maximum absolute atomic E-state index is 14.8. The van der Waals surface area contributed by atoms with Gasteiger partial charge >= 0.3 is 6.03 Å². The molecule has 0 unspecified atom stereocenters. The van der Waals surface area contributed by atoms with Gasteiger partial charge in [0.2, 0.25) is 0 Å². The van der Waals surface area contributed by atoms with E-state index in [4.69, 9.17) is 4.42 Å². The molecule has 2 N–H and O–H groups in total. The van der Waals surface area contributed by atoms with Crippen LogP contribution in [0.2, 0.25) is 0 Å². The lowest BCUT2D eigenvalue weighted by atomic mass is 9.92. The molecule has 0 saturated carbocycles. The Bertz CT molecular complexity index is 1170. The van der Waals surface area contributed by atoms with E-state index in [1.165, 1.54) is 6.07 Å². The molecule has 146 valence electrons. The molecule has 0 bridgehead atoms. The van der Waals surface area contributed by atoms with Gasteiger partial charge in [-0.2, -0.15) is 0 Å². The van der Waals surface area contributed by atoms with Crippen LogP contribution in [0.25, 0.3) is 10.9 Å². The molecule has 4 aromatic rings. The van der Waals surface area contributed by atoms with Gasteiger partial charge in [-0.3, -0.25) is 0 Å². The number of carbonyl (C=O) groups is 1. The van der Waals surface area contributed by atoms with Crippen LogP contribution < -0.4 is 5.32 Å². The standard InChI is InChI=1S/C23H20FN3O2/c24-19-9-3-1-8-18(19)22-21-17(16-7-2-4-10-20(16)26-21)11-12-27(22)23(28)25-14-15-6-5-13-29-15/h1-10,13,22,26H,11-12,14H2,(H,25,28)/t22-/m1/s1. The summed E-state index contributed by atoms with van der Waals surface area (Å²) in [6, 6.07) is 17.5. The van der Waals surface area contributed by atoms with Crippen molar-refractivity contribution in [3.63, 3.8) is 0 Å². The highest BCUT2D eigenvalue weighted by atomic mass is 19.1. The van der Waals surface area contributed by atoms with Crippen molar-refractivity contribution in [2.75, 3.05) is 6.54 Å². The maximum atomic E-state index is 14.8. The number of aromatic amines is 1. The van der Waals surface area contributed by atoms with Gasteiger partial charge in [0.05, 0.1) is 12.8 Å². The Morgan fingerprint density at radius 2 is 1.97 bits per heavy atom. The van der Waals surface area contributed by atoms with Gasteiger partial charge in [0.25, 0.3) is 0 Å². The van der Waals surface area contributed by atoms with Crippen LogP contribution in [0.4, 0.5) is 9.18 Å². The largest absolute Gasteiger partial charge is 0.467 e. The minimum Gasteiger partial charge on any atom is -0.467 e. The number of hydrogen-bond acceptors (Lipinski definition) is 2. The number of furan rings is 1. The summed E-state index contributed by atoms with van der Waals surface area (Å²) in [5, 5.41) is 4.02. The molecule has 2 amide bonds. The smallest absolute Gasteiger partial charge is 0.318 e. The highest BCUT2D eigenvalue weighted by Gasteiger charge is 2.35. The number of halogens is 1. The number of nitrogens with zero attached hydrogens (tertiary/aromatic N) is 1. The number of amides is 2. The number of para-hydroxylation sites is 1. The molecule has 2 aromatic carbocycles. The molecule has 0 fully saturated rings. The number of nitrogens with one attached hydrogen (secondary N) is 2. The minimum absolute atomic E-state index is 0.251. The number of hydrogen-bond donors (Lipinski definition) is 2. The first-order valence-electron chi connectivity index (χ1n) is 9.63. The summed E-state index contributed by atoms with van der Waals surface area (Å²) in [6.07, 6.45) is 2.28. The van der Waals surface area contributed by atoms with E-state index in [-0.39, 0.29) is 18.4 Å². The zero-order valence-corrected chi connectivity index (χ0v) is 15.7. The molecule has 2 aromatic heterocycles. The van der Waals surface area contributed by atoms with Crippen LogP contribution in [0.15, 0.2) is 71.3 Å². The average Bonchev–Trinajstić information content (AvgIpc) is 3.39. The Morgan fingerprint density at radius 3 is 2.79 bits per heavy atom. The summed E-state index contributed by atoms with van der Waals surface area (Å²) in [5.41, 5.74) is 3.49. The summed E-state index contributed by atoms with van der Waals surface area (Å²) >= 11 is 0. The highest BCUT2D eigenvalue weighted by Crippen LogP contribution is 2.39. The van der Waals surface area contributed by atoms with Crippen molar-refractivity contribution >= 4 is 16.9 Å². The third-order valence-corrected chi connectivity index (χ3v) is 5.49. The van der Waals surface area contributed by atoms with Crippen LogP contribution in [-0.2, 0) is 13.0 Å². The second-order valence-electron chi connectivity index (χ2n) is 7.17. The van der Waals surface area contributed by atoms with E-state index in [0.717, 1.165) is 22.2 Å². The molecule has 5 nitrogen and oxygen atoms in total. The number of H-pyrrole nitrogens is 1. The third kappa shape index (κ3) is 3.06. The van der Waals surface area contributed by atoms with E-state index in [2.05, 4.69) is 16.4 Å². The summed E-state index contributed by atoms with van der Waals surface area (Å²) in [4.78, 5) is 18.2. The predicted molar refractivity (Wildman–Crippen MR) is 108 cm³/mol. The van der Waals surface area contributed by atoms with Gasteiger partial charge in [-0.1, -0.05) is 36.4 Å². The molecule has 3 heterocycles. The fourth-order valence-corrected chi connectivity index (χ4v) is 4.16. The first-order chi connectivity index (χ1) is 14.2. The van der Waals surface area contributed by atoms with Gasteiger partial charge in [-0.25, -0.2) is 9.18 Å². The first kappa shape index (κ1) is 17.6. The summed E-state index contributed by atoms with van der Waals surface area (Å²) in [5.74, 6) is 0.344. The van der Waals surface area contributed by atoms with Crippen molar-refractivity contribution in [2.24, 2.45) is 0 Å². The van der Waals surface area contributed by atoms with E-state index in [9.17, 15) is 9.18 Å². The lowest BCUT2D eigenvalue weighted by Gasteiger charge is -2.36. The minimum atomic E-state index is -0.524. The van der Waals surface area contributed by atoms with Crippen molar-refractivity contribution in [1.82, 2.24) is 15.2 Å². The zero-order chi connectivity index (χ0) is 19.8. The van der Waals surface area contributed by atoms with Crippen LogP contribution in [0, 0.1) is 5.82 Å². The average molecular weight is 389 g/mol. The van der Waals surface area contributed by atoms with Gasteiger partial charge in [-0.15, -0.1) is 0 Å². The topological polar surface area (TPSA) is 61.3 Å². The second kappa shape index (κ2) is 7.13. The normalized spacial score (nSPS) is 16.0. The van der Waals surface area contributed by atoms with Crippen molar-refractivity contribution in [2.45, 2.75) is 19.0 Å². The Labute approximate surface area is 167 Å². The van der Waals surface area contributed by atoms with Gasteiger partial charge in [0, 0.05) is 28.7 Å². The van der Waals surface area contributed by atoms with Crippen molar-refractivity contribution < 1.29 is 13.6 Å². The lowest BCUT2D eigenvalue weighted by Crippen LogP contribution is -2.46. The van der Waals surface area contributed by atoms with Crippen LogP contribution >= 0.6 is 0 Å². The molecule has 0 radical (unpaired) electrons. The predicted octanol–water partition coefficient (Wildman–Crippen LogP) is 4.76. The molecule has 1 atom stereocenters. The van der Waals surface area contributed by atoms with Gasteiger partial charge < -0.3 is 19.6 Å². The molecule has 5 rings (SSSR count). The number of fused-ring (bicyclic) bond motifs is 3. The molecule has 0 spiro atoms. The Balaban J connectivity index is 1.56. The van der Waals surface area contributed by atoms with Crippen LogP contribution in [-0.4, -0.2) is 22.5 Å². The van der Waals surface area contributed by atoms with Gasteiger partial charge in [0.1, 0.15) is 17.6 Å². The first-order valence-corrected chi connectivity index (χ1v) is 9.63.